The lowest BCUT2D eigenvalue weighted by Gasteiger charge is -2.27. The molecule has 2 amide bonds. The summed E-state index contributed by atoms with van der Waals surface area (Å²) in [5, 5.41) is 9.94. The summed E-state index contributed by atoms with van der Waals surface area (Å²) in [6.07, 6.45) is 0. The number of anilines is 1. The number of allylic oxidation sites excluding steroid dienone is 1. The number of ether oxygens (including phenoxy) is 1. The fraction of sp³-hybridized carbons (Fsp3) is 0.333. The number of hydrogen-bond donors (Lipinski definition) is 1. The molecule has 6 nitrogen and oxygen atoms in total. The monoisotopic (exact) mass is 367 g/mol. The number of methoxy groups -OCH3 is 1. The molecule has 0 radical (unpaired) electrons. The van der Waals surface area contributed by atoms with Gasteiger partial charge in [0.2, 0.25) is 0 Å². The van der Waals surface area contributed by atoms with Gasteiger partial charge in [-0.05, 0) is 54.8 Å². The second-order valence-corrected chi connectivity index (χ2v) is 6.69. The van der Waals surface area contributed by atoms with E-state index in [1.54, 1.807) is 16.9 Å². The summed E-state index contributed by atoms with van der Waals surface area (Å²) in [5.41, 5.74) is 3.62. The van der Waals surface area contributed by atoms with Gasteiger partial charge in [0.25, 0.3) is 0 Å². The Bertz CT molecular complexity index is 866. The number of nitrogens with zero attached hydrogens (tertiary/aromatic N) is 3. The highest BCUT2D eigenvalue weighted by molar-refractivity contribution is 5.93. The second-order valence-electron chi connectivity index (χ2n) is 6.69. The molecule has 1 aliphatic rings. The number of aliphatic hydroxyl groups excluding tert-OH is 1. The Morgan fingerprint density at radius 2 is 2.11 bits per heavy atom. The maximum absolute atomic E-state index is 13.0. The molecule has 1 saturated heterocycles. The van der Waals surface area contributed by atoms with Crippen LogP contribution in [-0.2, 0) is 0 Å². The summed E-state index contributed by atoms with van der Waals surface area (Å²) in [7, 11) is 1.60. The Kier molecular flexibility index (Phi) is 5.46. The van der Waals surface area contributed by atoms with Crippen LogP contribution in [0.4, 0.5) is 10.6 Å². The van der Waals surface area contributed by atoms with Crippen molar-refractivity contribution in [1.82, 2.24) is 9.88 Å². The normalized spacial score (nSPS) is 15.2. The third-order valence-corrected chi connectivity index (χ3v) is 4.88. The van der Waals surface area contributed by atoms with Crippen molar-refractivity contribution in [2.75, 3.05) is 31.7 Å². The summed E-state index contributed by atoms with van der Waals surface area (Å²) in [4.78, 5) is 20.9. The molecule has 142 valence electrons. The molecule has 1 atom stereocenters. The van der Waals surface area contributed by atoms with E-state index in [0.717, 1.165) is 22.4 Å². The fourth-order valence-corrected chi connectivity index (χ4v) is 3.44. The Hall–Kier alpha value is -2.86. The average molecular weight is 367 g/mol. The minimum absolute atomic E-state index is 0.159. The molecule has 6 heteroatoms. The van der Waals surface area contributed by atoms with Gasteiger partial charge in [0, 0.05) is 18.8 Å². The molecule has 0 spiro atoms. The number of amides is 2. The number of pyridine rings is 1. The summed E-state index contributed by atoms with van der Waals surface area (Å²) in [5.74, 6) is 1.31. The molecule has 1 fully saturated rings. The predicted octanol–water partition coefficient (Wildman–Crippen LogP) is 3.41. The van der Waals surface area contributed by atoms with Crippen molar-refractivity contribution in [3.63, 3.8) is 0 Å². The van der Waals surface area contributed by atoms with E-state index in [2.05, 4.69) is 11.6 Å². The number of benzene rings is 1. The van der Waals surface area contributed by atoms with Crippen molar-refractivity contribution in [3.8, 4) is 5.75 Å². The molecular formula is C21H25N3O3. The van der Waals surface area contributed by atoms with Crippen molar-refractivity contribution in [3.05, 3.63) is 59.8 Å². The van der Waals surface area contributed by atoms with Crippen LogP contribution in [0.15, 0.2) is 43.0 Å². The summed E-state index contributed by atoms with van der Waals surface area (Å²) in [6, 6.07) is 10.6. The van der Waals surface area contributed by atoms with Gasteiger partial charge in [-0.2, -0.15) is 0 Å². The first-order valence-corrected chi connectivity index (χ1v) is 8.92. The van der Waals surface area contributed by atoms with Gasteiger partial charge in [-0.1, -0.05) is 18.7 Å². The Balaban J connectivity index is 1.85. The molecular weight excluding hydrogens is 342 g/mol. The Morgan fingerprint density at radius 1 is 1.33 bits per heavy atom. The number of carbonyl (C=O) groups excluding carboxylic acids is 1. The van der Waals surface area contributed by atoms with Crippen molar-refractivity contribution in [1.29, 1.82) is 0 Å². The quantitative estimate of drug-likeness (QED) is 0.850. The van der Waals surface area contributed by atoms with Gasteiger partial charge in [0.1, 0.15) is 11.6 Å². The first-order chi connectivity index (χ1) is 13.0. The number of hydrogen-bond acceptors (Lipinski definition) is 4. The molecule has 1 N–H and O–H groups in total. The third kappa shape index (κ3) is 3.66. The minimum atomic E-state index is -0.423. The van der Waals surface area contributed by atoms with E-state index in [9.17, 15) is 9.90 Å². The van der Waals surface area contributed by atoms with Crippen LogP contribution in [0.5, 0.6) is 5.75 Å². The van der Waals surface area contributed by atoms with Gasteiger partial charge in [0.05, 0.1) is 19.8 Å². The number of carbonyl (C=O) groups is 1. The fourth-order valence-electron chi connectivity index (χ4n) is 3.44. The SMILES string of the molecule is C=C(C)c1ccc(N2CCN(C(CO)c3cccc(OC)c3)C2=O)nc1C. The number of aromatic nitrogens is 1. The zero-order valence-corrected chi connectivity index (χ0v) is 16.0. The minimum Gasteiger partial charge on any atom is -0.497 e. The van der Waals surface area contributed by atoms with Gasteiger partial charge in [0.15, 0.2) is 0 Å². The van der Waals surface area contributed by atoms with Crippen LogP contribution >= 0.6 is 0 Å². The number of rotatable bonds is 6. The lowest BCUT2D eigenvalue weighted by atomic mass is 10.1. The van der Waals surface area contributed by atoms with E-state index >= 15 is 0 Å². The topological polar surface area (TPSA) is 65.9 Å². The Labute approximate surface area is 159 Å². The molecule has 27 heavy (non-hydrogen) atoms. The van der Waals surface area contributed by atoms with Gasteiger partial charge in [-0.25, -0.2) is 9.78 Å². The molecule has 1 unspecified atom stereocenters. The second kappa shape index (κ2) is 7.80. The van der Waals surface area contributed by atoms with Crippen LogP contribution < -0.4 is 9.64 Å². The molecule has 2 aromatic rings. The van der Waals surface area contributed by atoms with E-state index in [-0.39, 0.29) is 12.6 Å². The van der Waals surface area contributed by atoms with Crippen LogP contribution in [-0.4, -0.2) is 47.8 Å². The van der Waals surface area contributed by atoms with Crippen LogP contribution in [0, 0.1) is 6.92 Å². The standard InChI is InChI=1S/C21H25N3O3/c1-14(2)18-8-9-20(22-15(18)3)24-11-10-23(21(24)26)19(13-25)16-6-5-7-17(12-16)27-4/h5-9,12,19,25H,1,10-11,13H2,2-4H3. The molecule has 0 bridgehead atoms. The van der Waals surface area contributed by atoms with Crippen molar-refractivity contribution in [2.45, 2.75) is 19.9 Å². The molecule has 1 aromatic heterocycles. The number of urea groups is 1. The van der Waals surface area contributed by atoms with Gasteiger partial charge in [-0.3, -0.25) is 4.90 Å². The summed E-state index contributed by atoms with van der Waals surface area (Å²) < 4.78 is 5.26. The number of aliphatic hydroxyl groups is 1. The maximum Gasteiger partial charge on any atom is 0.326 e. The smallest absolute Gasteiger partial charge is 0.326 e. The highest BCUT2D eigenvalue weighted by atomic mass is 16.5. The van der Waals surface area contributed by atoms with E-state index < -0.39 is 6.04 Å². The van der Waals surface area contributed by atoms with Crippen molar-refractivity contribution < 1.29 is 14.6 Å². The van der Waals surface area contributed by atoms with E-state index in [1.807, 2.05) is 50.2 Å². The van der Waals surface area contributed by atoms with Crippen LogP contribution in [0.25, 0.3) is 5.57 Å². The van der Waals surface area contributed by atoms with Gasteiger partial charge in [-0.15, -0.1) is 0 Å². The molecule has 0 saturated carbocycles. The first-order valence-electron chi connectivity index (χ1n) is 8.92. The molecule has 3 rings (SSSR count). The van der Waals surface area contributed by atoms with Gasteiger partial charge >= 0.3 is 6.03 Å². The zero-order chi connectivity index (χ0) is 19.6. The summed E-state index contributed by atoms with van der Waals surface area (Å²) in [6.45, 7) is 8.69. The van der Waals surface area contributed by atoms with Crippen LogP contribution in [0.3, 0.4) is 0 Å². The highest BCUT2D eigenvalue weighted by Crippen LogP contribution is 2.30. The number of aryl methyl sites for hydroxylation is 1. The lowest BCUT2D eigenvalue weighted by molar-refractivity contribution is 0.153. The van der Waals surface area contributed by atoms with Crippen molar-refractivity contribution >= 4 is 17.4 Å². The maximum atomic E-state index is 13.0. The first kappa shape index (κ1) is 18.9. The van der Waals surface area contributed by atoms with E-state index in [0.29, 0.717) is 24.7 Å². The summed E-state index contributed by atoms with van der Waals surface area (Å²) >= 11 is 0. The lowest BCUT2D eigenvalue weighted by Crippen LogP contribution is -2.36. The largest absolute Gasteiger partial charge is 0.497 e. The molecule has 2 heterocycles. The van der Waals surface area contributed by atoms with Gasteiger partial charge < -0.3 is 14.7 Å². The van der Waals surface area contributed by atoms with E-state index in [4.69, 9.17) is 4.74 Å². The zero-order valence-electron chi connectivity index (χ0n) is 16.0. The molecule has 0 aliphatic carbocycles. The molecule has 1 aliphatic heterocycles. The van der Waals surface area contributed by atoms with E-state index in [1.165, 1.54) is 0 Å². The van der Waals surface area contributed by atoms with Crippen LogP contribution in [0.2, 0.25) is 0 Å². The average Bonchev–Trinajstić information content (AvgIpc) is 3.03. The molecule has 1 aromatic carbocycles. The van der Waals surface area contributed by atoms with Crippen LogP contribution in [0.1, 0.15) is 29.8 Å². The van der Waals surface area contributed by atoms with Crippen molar-refractivity contribution in [2.24, 2.45) is 0 Å². The third-order valence-electron chi connectivity index (χ3n) is 4.88. The Morgan fingerprint density at radius 3 is 2.74 bits per heavy atom. The highest BCUT2D eigenvalue weighted by Gasteiger charge is 2.35. The predicted molar refractivity (Wildman–Crippen MR) is 106 cm³/mol.